The molecule has 0 aliphatic carbocycles. The normalized spacial score (nSPS) is 11.5. The molecule has 1 aromatic carbocycles. The summed E-state index contributed by atoms with van der Waals surface area (Å²) < 4.78 is 32.8. The van der Waals surface area contributed by atoms with Crippen molar-refractivity contribution >= 4 is 28.0 Å². The summed E-state index contributed by atoms with van der Waals surface area (Å²) in [6.07, 6.45) is 4.60. The van der Waals surface area contributed by atoms with E-state index in [1.807, 2.05) is 18.2 Å². The number of benzene rings is 1. The molecule has 5 rings (SSSR count). The van der Waals surface area contributed by atoms with Crippen molar-refractivity contribution in [3.63, 3.8) is 0 Å². The van der Waals surface area contributed by atoms with E-state index in [0.29, 0.717) is 61.3 Å². The van der Waals surface area contributed by atoms with Crippen molar-refractivity contribution in [1.29, 1.82) is 0 Å². The van der Waals surface area contributed by atoms with Gasteiger partial charge in [-0.15, -0.1) is 0 Å². The number of rotatable bonds is 15. The maximum absolute atomic E-state index is 13.9. The van der Waals surface area contributed by atoms with E-state index in [-0.39, 0.29) is 12.4 Å². The van der Waals surface area contributed by atoms with Crippen LogP contribution < -0.4 is 10.6 Å². The van der Waals surface area contributed by atoms with Crippen LogP contribution in [0.4, 0.5) is 10.2 Å². The summed E-state index contributed by atoms with van der Waals surface area (Å²) in [5.74, 6) is 1.80. The zero-order chi connectivity index (χ0) is 26.9. The summed E-state index contributed by atoms with van der Waals surface area (Å²) in [6, 6.07) is 12.9. The van der Waals surface area contributed by atoms with Gasteiger partial charge in [-0.25, -0.2) is 19.3 Å². The van der Waals surface area contributed by atoms with Crippen molar-refractivity contribution in [3.8, 4) is 0 Å². The number of aromatic nitrogens is 5. The van der Waals surface area contributed by atoms with E-state index in [4.69, 9.17) is 18.9 Å². The highest BCUT2D eigenvalue weighted by molar-refractivity contribution is 5.83. The van der Waals surface area contributed by atoms with Gasteiger partial charge < -0.3 is 29.1 Å². The first kappa shape index (κ1) is 26.7. The van der Waals surface area contributed by atoms with Crippen LogP contribution in [-0.2, 0) is 35.4 Å². The second-order valence-corrected chi connectivity index (χ2v) is 8.92. The lowest BCUT2D eigenvalue weighted by Gasteiger charge is -2.10. The van der Waals surface area contributed by atoms with Crippen molar-refractivity contribution in [2.75, 3.05) is 45.3 Å². The SMILES string of the molecule is COCCOCCn1c(CCNCCc2nc3c(NCc4ncccc4F)nccc3o2)nc2ccccc21. The van der Waals surface area contributed by atoms with Gasteiger partial charge in [-0.05, 0) is 24.3 Å². The molecule has 204 valence electrons. The fraction of sp³-hybridized carbons (Fsp3) is 0.357. The molecule has 0 atom stereocenters. The molecular formula is C28H32FN7O3. The van der Waals surface area contributed by atoms with Crippen molar-refractivity contribution in [2.24, 2.45) is 0 Å². The Morgan fingerprint density at radius 3 is 2.74 bits per heavy atom. The highest BCUT2D eigenvalue weighted by atomic mass is 19.1. The topological polar surface area (TPSA) is 112 Å². The van der Waals surface area contributed by atoms with Crippen LogP contribution in [0.1, 0.15) is 17.4 Å². The monoisotopic (exact) mass is 533 g/mol. The Hall–Kier alpha value is -3.93. The van der Waals surface area contributed by atoms with Crippen LogP contribution in [-0.4, -0.2) is 64.5 Å². The van der Waals surface area contributed by atoms with Gasteiger partial charge in [0.1, 0.15) is 11.6 Å². The molecule has 0 saturated heterocycles. The standard InChI is InChI=1S/C28H32FN7O3/c1-37-17-18-38-16-15-36-23-7-3-2-6-21(23)34-25(36)9-12-30-13-10-26-35-27-24(39-26)8-14-32-28(27)33-19-22-20(29)5-4-11-31-22/h2-8,11,14,30H,9-10,12-13,15-19H2,1H3,(H,32,33). The second kappa shape index (κ2) is 13.2. The average Bonchev–Trinajstić information content (AvgIpc) is 3.53. The number of methoxy groups -OCH3 is 1. The van der Waals surface area contributed by atoms with Crippen LogP contribution in [0.25, 0.3) is 22.1 Å². The molecule has 0 spiro atoms. The van der Waals surface area contributed by atoms with E-state index in [0.717, 1.165) is 36.4 Å². The zero-order valence-corrected chi connectivity index (χ0v) is 21.9. The molecule has 0 aliphatic heterocycles. The molecule has 0 saturated carbocycles. The second-order valence-electron chi connectivity index (χ2n) is 8.92. The van der Waals surface area contributed by atoms with E-state index in [9.17, 15) is 4.39 Å². The molecule has 4 heterocycles. The Morgan fingerprint density at radius 2 is 1.85 bits per heavy atom. The highest BCUT2D eigenvalue weighted by Crippen LogP contribution is 2.22. The summed E-state index contributed by atoms with van der Waals surface area (Å²) >= 11 is 0. The number of hydrogen-bond acceptors (Lipinski definition) is 9. The van der Waals surface area contributed by atoms with E-state index in [2.05, 4.69) is 36.2 Å². The lowest BCUT2D eigenvalue weighted by molar-refractivity contribution is 0.0667. The summed E-state index contributed by atoms with van der Waals surface area (Å²) in [4.78, 5) is 17.9. The molecule has 2 N–H and O–H groups in total. The first-order valence-corrected chi connectivity index (χ1v) is 13.0. The van der Waals surface area contributed by atoms with Crippen molar-refractivity contribution in [3.05, 3.63) is 78.1 Å². The van der Waals surface area contributed by atoms with Crippen LogP contribution in [0.5, 0.6) is 0 Å². The number of oxazole rings is 1. The molecule has 0 bridgehead atoms. The van der Waals surface area contributed by atoms with Gasteiger partial charge in [0.15, 0.2) is 22.8 Å². The Kier molecular flexibility index (Phi) is 9.05. The number of pyridine rings is 2. The van der Waals surface area contributed by atoms with E-state index in [1.54, 1.807) is 31.6 Å². The minimum atomic E-state index is -0.366. The minimum Gasteiger partial charge on any atom is -0.440 e. The minimum absolute atomic E-state index is 0.201. The number of fused-ring (bicyclic) bond motifs is 2. The molecule has 11 heteroatoms. The quantitative estimate of drug-likeness (QED) is 0.194. The highest BCUT2D eigenvalue weighted by Gasteiger charge is 2.13. The number of imidazole rings is 1. The molecule has 0 radical (unpaired) electrons. The summed E-state index contributed by atoms with van der Waals surface area (Å²) in [7, 11) is 1.67. The third-order valence-electron chi connectivity index (χ3n) is 6.28. The van der Waals surface area contributed by atoms with Gasteiger partial charge in [-0.3, -0.25) is 4.98 Å². The third kappa shape index (κ3) is 6.75. The number of hydrogen-bond donors (Lipinski definition) is 2. The summed E-state index contributed by atoms with van der Waals surface area (Å²) in [5, 5.41) is 6.58. The molecule has 39 heavy (non-hydrogen) atoms. The van der Waals surface area contributed by atoms with Gasteiger partial charge in [0.05, 0.1) is 43.1 Å². The number of para-hydroxylation sites is 2. The van der Waals surface area contributed by atoms with Gasteiger partial charge in [0, 0.05) is 58.0 Å². The smallest absolute Gasteiger partial charge is 0.196 e. The van der Waals surface area contributed by atoms with Crippen LogP contribution in [0.2, 0.25) is 0 Å². The number of nitrogens with zero attached hydrogens (tertiary/aromatic N) is 5. The Bertz CT molecular complexity index is 1500. The predicted molar refractivity (Wildman–Crippen MR) is 146 cm³/mol. The molecule has 0 amide bonds. The van der Waals surface area contributed by atoms with Crippen LogP contribution >= 0.6 is 0 Å². The molecule has 0 fully saturated rings. The van der Waals surface area contributed by atoms with E-state index >= 15 is 0 Å². The first-order valence-electron chi connectivity index (χ1n) is 13.0. The third-order valence-corrected chi connectivity index (χ3v) is 6.28. The van der Waals surface area contributed by atoms with Gasteiger partial charge in [0.2, 0.25) is 0 Å². The van der Waals surface area contributed by atoms with Crippen LogP contribution in [0.15, 0.2) is 59.3 Å². The zero-order valence-electron chi connectivity index (χ0n) is 21.9. The molecule has 0 aliphatic rings. The molecule has 10 nitrogen and oxygen atoms in total. The maximum atomic E-state index is 13.9. The first-order chi connectivity index (χ1) is 19.2. The van der Waals surface area contributed by atoms with Gasteiger partial charge in [0.25, 0.3) is 0 Å². The average molecular weight is 534 g/mol. The molecule has 5 aromatic rings. The van der Waals surface area contributed by atoms with Gasteiger partial charge >= 0.3 is 0 Å². The maximum Gasteiger partial charge on any atom is 0.196 e. The molecule has 4 aromatic heterocycles. The predicted octanol–water partition coefficient (Wildman–Crippen LogP) is 3.76. The van der Waals surface area contributed by atoms with Crippen molar-refractivity contribution in [2.45, 2.75) is 25.9 Å². The molecule has 0 unspecified atom stereocenters. The lowest BCUT2D eigenvalue weighted by atomic mass is 10.3. The number of anilines is 1. The Labute approximate surface area is 225 Å². The number of nitrogens with one attached hydrogen (secondary N) is 2. The van der Waals surface area contributed by atoms with Gasteiger partial charge in [-0.2, -0.15) is 0 Å². The largest absolute Gasteiger partial charge is 0.440 e. The van der Waals surface area contributed by atoms with Crippen molar-refractivity contribution in [1.82, 2.24) is 29.8 Å². The summed E-state index contributed by atoms with van der Waals surface area (Å²) in [6.45, 7) is 4.16. The van der Waals surface area contributed by atoms with Crippen LogP contribution in [0.3, 0.4) is 0 Å². The Morgan fingerprint density at radius 1 is 0.949 bits per heavy atom. The summed E-state index contributed by atoms with van der Waals surface area (Å²) in [5.41, 5.74) is 3.66. The van der Waals surface area contributed by atoms with Crippen LogP contribution in [0, 0.1) is 5.82 Å². The van der Waals surface area contributed by atoms with E-state index in [1.165, 1.54) is 6.07 Å². The van der Waals surface area contributed by atoms with E-state index < -0.39 is 0 Å². The number of halogens is 1. The fourth-order valence-corrected chi connectivity index (χ4v) is 4.34. The lowest BCUT2D eigenvalue weighted by Crippen LogP contribution is -2.22. The van der Waals surface area contributed by atoms with Crippen molar-refractivity contribution < 1.29 is 18.3 Å². The fourth-order valence-electron chi connectivity index (χ4n) is 4.34. The molecular weight excluding hydrogens is 501 g/mol. The van der Waals surface area contributed by atoms with Gasteiger partial charge in [-0.1, -0.05) is 12.1 Å². The number of ether oxygens (including phenoxy) is 2. The Balaban J connectivity index is 1.14.